The first kappa shape index (κ1) is 17.1. The van der Waals surface area contributed by atoms with Crippen LogP contribution in [0.1, 0.15) is 5.56 Å². The first-order chi connectivity index (χ1) is 11.4. The van der Waals surface area contributed by atoms with E-state index >= 15 is 0 Å². The molecule has 3 amide bonds. The summed E-state index contributed by atoms with van der Waals surface area (Å²) in [5.74, 6) is -1.27. The van der Waals surface area contributed by atoms with E-state index in [1.165, 1.54) is 27.4 Å². The highest BCUT2D eigenvalue weighted by Crippen LogP contribution is 2.40. The number of hydrogen-bond acceptors (Lipinski definition) is 7. The van der Waals surface area contributed by atoms with Crippen LogP contribution in [0.25, 0.3) is 6.08 Å². The summed E-state index contributed by atoms with van der Waals surface area (Å²) in [5, 5.41) is 12.9. The fourth-order valence-electron chi connectivity index (χ4n) is 2.24. The van der Waals surface area contributed by atoms with Crippen LogP contribution in [0.15, 0.2) is 17.8 Å². The third-order valence-corrected chi connectivity index (χ3v) is 3.28. The number of hydrogen-bond donors (Lipinski definition) is 1. The van der Waals surface area contributed by atoms with Gasteiger partial charge in [0.05, 0.1) is 33.8 Å². The Labute approximate surface area is 137 Å². The van der Waals surface area contributed by atoms with Crippen molar-refractivity contribution in [2.75, 3.05) is 27.9 Å². The van der Waals surface area contributed by atoms with Crippen molar-refractivity contribution in [2.45, 2.75) is 0 Å². The predicted octanol–water partition coefficient (Wildman–Crippen LogP) is -0.645. The standard InChI is InChI=1S/C15H16N2O7/c1-22-10-5-4-8(12(23-2)13(10)24-3)6-9-14(20)17(7-11(18)19)15(21)16-9/h4-6H,7H2,1-3H3,(H,16,21)(H,18,19)/p-1/b9-6+. The lowest BCUT2D eigenvalue weighted by molar-refractivity contribution is -0.305. The molecule has 0 saturated carbocycles. The van der Waals surface area contributed by atoms with E-state index < -0.39 is 24.5 Å². The van der Waals surface area contributed by atoms with E-state index in [1.54, 1.807) is 12.1 Å². The van der Waals surface area contributed by atoms with E-state index in [0.29, 0.717) is 27.7 Å². The molecule has 0 aromatic heterocycles. The third-order valence-electron chi connectivity index (χ3n) is 3.28. The Morgan fingerprint density at radius 3 is 2.38 bits per heavy atom. The number of rotatable bonds is 6. The van der Waals surface area contributed by atoms with Gasteiger partial charge in [-0.25, -0.2) is 4.79 Å². The Morgan fingerprint density at radius 2 is 1.83 bits per heavy atom. The van der Waals surface area contributed by atoms with Crippen LogP contribution < -0.4 is 24.6 Å². The van der Waals surface area contributed by atoms with Crippen LogP contribution in [-0.2, 0) is 9.59 Å². The summed E-state index contributed by atoms with van der Waals surface area (Å²) in [7, 11) is 4.31. The van der Waals surface area contributed by atoms with Gasteiger partial charge in [-0.2, -0.15) is 0 Å². The number of methoxy groups -OCH3 is 3. The van der Waals surface area contributed by atoms with E-state index in [2.05, 4.69) is 5.32 Å². The van der Waals surface area contributed by atoms with Gasteiger partial charge >= 0.3 is 6.03 Å². The van der Waals surface area contributed by atoms with Crippen LogP contribution >= 0.6 is 0 Å². The molecule has 1 saturated heterocycles. The summed E-state index contributed by atoms with van der Waals surface area (Å²) < 4.78 is 15.7. The summed E-state index contributed by atoms with van der Waals surface area (Å²) in [6.07, 6.45) is 1.36. The predicted molar refractivity (Wildman–Crippen MR) is 79.3 cm³/mol. The van der Waals surface area contributed by atoms with Crippen molar-refractivity contribution in [3.05, 3.63) is 23.4 Å². The SMILES string of the molecule is COc1ccc(/C=C2/NC(=O)N(CC(=O)[O-])C2=O)c(OC)c1OC. The van der Waals surface area contributed by atoms with Gasteiger partial charge in [0.25, 0.3) is 5.91 Å². The van der Waals surface area contributed by atoms with Crippen LogP contribution in [0.5, 0.6) is 17.2 Å². The highest BCUT2D eigenvalue weighted by Gasteiger charge is 2.33. The van der Waals surface area contributed by atoms with Gasteiger partial charge in [0.1, 0.15) is 5.70 Å². The number of nitrogens with one attached hydrogen (secondary N) is 1. The minimum atomic E-state index is -1.54. The maximum Gasteiger partial charge on any atom is 0.329 e. The lowest BCUT2D eigenvalue weighted by Crippen LogP contribution is -2.41. The number of carboxylic acids is 1. The molecule has 0 unspecified atom stereocenters. The second kappa shape index (κ2) is 6.90. The van der Waals surface area contributed by atoms with Gasteiger partial charge < -0.3 is 29.4 Å². The summed E-state index contributed by atoms with van der Waals surface area (Å²) in [6.45, 7) is -0.828. The van der Waals surface area contributed by atoms with Gasteiger partial charge in [-0.1, -0.05) is 0 Å². The Balaban J connectivity index is 2.43. The van der Waals surface area contributed by atoms with E-state index in [0.717, 1.165) is 0 Å². The number of ether oxygens (including phenoxy) is 3. The average Bonchev–Trinajstić information content (AvgIpc) is 2.81. The molecule has 0 aliphatic carbocycles. The molecule has 1 N–H and O–H groups in total. The molecule has 1 heterocycles. The number of carbonyl (C=O) groups is 3. The van der Waals surface area contributed by atoms with Gasteiger partial charge in [0.15, 0.2) is 11.5 Å². The molecule has 1 aliphatic rings. The highest BCUT2D eigenvalue weighted by atomic mass is 16.5. The molecule has 9 nitrogen and oxygen atoms in total. The molecular weight excluding hydrogens is 320 g/mol. The molecule has 2 rings (SSSR count). The van der Waals surface area contributed by atoms with Crippen LogP contribution in [0.4, 0.5) is 4.79 Å². The van der Waals surface area contributed by atoms with Gasteiger partial charge in [-0.3, -0.25) is 9.69 Å². The van der Waals surface area contributed by atoms with Gasteiger partial charge in [-0.05, 0) is 18.2 Å². The zero-order chi connectivity index (χ0) is 17.9. The minimum Gasteiger partial charge on any atom is -0.548 e. The Bertz CT molecular complexity index is 727. The maximum absolute atomic E-state index is 12.1. The molecule has 9 heteroatoms. The molecular formula is C15H15N2O7-. The van der Waals surface area contributed by atoms with Crippen molar-refractivity contribution in [1.29, 1.82) is 0 Å². The monoisotopic (exact) mass is 335 g/mol. The lowest BCUT2D eigenvalue weighted by atomic mass is 10.1. The van der Waals surface area contributed by atoms with Crippen molar-refractivity contribution in [3.8, 4) is 17.2 Å². The van der Waals surface area contributed by atoms with E-state index in [1.807, 2.05) is 0 Å². The highest BCUT2D eigenvalue weighted by molar-refractivity contribution is 6.15. The van der Waals surface area contributed by atoms with E-state index in [4.69, 9.17) is 14.2 Å². The van der Waals surface area contributed by atoms with Crippen LogP contribution in [-0.4, -0.2) is 50.7 Å². The molecule has 1 aliphatic heterocycles. The molecule has 0 spiro atoms. The first-order valence-electron chi connectivity index (χ1n) is 6.76. The minimum absolute atomic E-state index is 0.0910. The van der Waals surface area contributed by atoms with E-state index in [9.17, 15) is 19.5 Å². The van der Waals surface area contributed by atoms with Gasteiger partial charge in [-0.15, -0.1) is 0 Å². The molecule has 0 atom stereocenters. The molecule has 1 aromatic carbocycles. The number of carboxylic acid groups (broad SMARTS) is 1. The second-order valence-corrected chi connectivity index (χ2v) is 4.68. The van der Waals surface area contributed by atoms with Gasteiger partial charge in [0, 0.05) is 5.56 Å². The molecule has 0 radical (unpaired) electrons. The number of imide groups is 1. The largest absolute Gasteiger partial charge is 0.548 e. The molecule has 1 aromatic rings. The second-order valence-electron chi connectivity index (χ2n) is 4.68. The summed E-state index contributed by atoms with van der Waals surface area (Å²) in [6, 6.07) is 2.37. The maximum atomic E-state index is 12.1. The Kier molecular flexibility index (Phi) is 4.93. The first-order valence-corrected chi connectivity index (χ1v) is 6.76. The lowest BCUT2D eigenvalue weighted by Gasteiger charge is -2.14. The van der Waals surface area contributed by atoms with Crippen molar-refractivity contribution in [2.24, 2.45) is 0 Å². The number of carbonyl (C=O) groups excluding carboxylic acids is 3. The van der Waals surface area contributed by atoms with E-state index in [-0.39, 0.29) is 5.70 Å². The summed E-state index contributed by atoms with van der Waals surface area (Å²) in [5.41, 5.74) is 0.348. The normalized spacial score (nSPS) is 15.5. The summed E-state index contributed by atoms with van der Waals surface area (Å²) >= 11 is 0. The van der Waals surface area contributed by atoms with Crippen molar-refractivity contribution < 1.29 is 33.7 Å². The van der Waals surface area contributed by atoms with Crippen LogP contribution in [0, 0.1) is 0 Å². The zero-order valence-corrected chi connectivity index (χ0v) is 13.2. The Morgan fingerprint density at radius 1 is 1.17 bits per heavy atom. The number of aliphatic carboxylic acids is 1. The third kappa shape index (κ3) is 3.09. The quantitative estimate of drug-likeness (QED) is 0.542. The van der Waals surface area contributed by atoms with Crippen LogP contribution in [0.2, 0.25) is 0 Å². The molecule has 24 heavy (non-hydrogen) atoms. The van der Waals surface area contributed by atoms with Crippen molar-refractivity contribution in [1.82, 2.24) is 10.2 Å². The molecule has 128 valence electrons. The number of benzene rings is 1. The molecule has 0 bridgehead atoms. The number of urea groups is 1. The summed E-state index contributed by atoms with van der Waals surface area (Å²) in [4.78, 5) is 35.0. The number of amides is 3. The fourth-order valence-corrected chi connectivity index (χ4v) is 2.24. The van der Waals surface area contributed by atoms with Crippen molar-refractivity contribution >= 4 is 24.0 Å². The zero-order valence-electron chi connectivity index (χ0n) is 13.2. The topological polar surface area (TPSA) is 117 Å². The Hall–Kier alpha value is -3.23. The smallest absolute Gasteiger partial charge is 0.329 e. The fraction of sp³-hybridized carbons (Fsp3) is 0.267. The van der Waals surface area contributed by atoms with Crippen molar-refractivity contribution in [3.63, 3.8) is 0 Å². The van der Waals surface area contributed by atoms with Gasteiger partial charge in [0.2, 0.25) is 5.75 Å². The van der Waals surface area contributed by atoms with Crippen LogP contribution in [0.3, 0.4) is 0 Å². The average molecular weight is 335 g/mol. The molecule has 1 fully saturated rings. The number of nitrogens with zero attached hydrogens (tertiary/aromatic N) is 1.